The van der Waals surface area contributed by atoms with E-state index in [4.69, 9.17) is 18.9 Å². The molecule has 0 radical (unpaired) electrons. The summed E-state index contributed by atoms with van der Waals surface area (Å²) in [5, 5.41) is 3.29. The lowest BCUT2D eigenvalue weighted by Crippen LogP contribution is -2.30. The van der Waals surface area contributed by atoms with E-state index in [2.05, 4.69) is 32.9 Å². The van der Waals surface area contributed by atoms with Gasteiger partial charge in [0.05, 0.1) is 13.2 Å². The Morgan fingerprint density at radius 3 is 1.58 bits per heavy atom. The number of carbonyl (C=O) groups excluding carboxylic acids is 2. The Kier molecular flexibility index (Phi) is 11.3. The second-order valence-electron chi connectivity index (χ2n) is 9.51. The van der Waals surface area contributed by atoms with E-state index in [-0.39, 0.29) is 11.9 Å². The second kappa shape index (κ2) is 14.6. The van der Waals surface area contributed by atoms with Crippen LogP contribution in [0.2, 0.25) is 0 Å². The van der Waals surface area contributed by atoms with Gasteiger partial charge in [0.1, 0.15) is 11.5 Å². The van der Waals surface area contributed by atoms with Crippen molar-refractivity contribution < 1.29 is 28.5 Å². The van der Waals surface area contributed by atoms with E-state index in [1.54, 1.807) is 0 Å². The van der Waals surface area contributed by atoms with Crippen LogP contribution in [-0.2, 0) is 25.5 Å². The number of hydrogen-bond acceptors (Lipinski definition) is 6. The van der Waals surface area contributed by atoms with Crippen LogP contribution >= 0.6 is 0 Å². The average molecular weight is 523 g/mol. The summed E-state index contributed by atoms with van der Waals surface area (Å²) in [5.74, 6) is 0.523. The van der Waals surface area contributed by atoms with Crippen LogP contribution in [0.1, 0.15) is 78.7 Å². The lowest BCUT2D eigenvalue weighted by Gasteiger charge is -2.23. The van der Waals surface area contributed by atoms with Gasteiger partial charge in [0, 0.05) is 21.5 Å². The van der Waals surface area contributed by atoms with Crippen molar-refractivity contribution in [2.45, 2.75) is 91.8 Å². The summed E-state index contributed by atoms with van der Waals surface area (Å²) >= 11 is 0. The maximum Gasteiger partial charge on any atom is 0.347 e. The predicted octanol–water partition coefficient (Wildman–Crippen LogP) is 7.56. The van der Waals surface area contributed by atoms with E-state index < -0.39 is 12.2 Å². The number of unbranched alkanes of at least 4 members (excludes halogenated alkanes) is 2. The minimum Gasteiger partial charge on any atom is -0.477 e. The average Bonchev–Trinajstić information content (AvgIpc) is 2.94. The van der Waals surface area contributed by atoms with Crippen molar-refractivity contribution in [3.63, 3.8) is 0 Å². The van der Waals surface area contributed by atoms with Crippen LogP contribution in [0.4, 0.5) is 0 Å². The molecule has 0 saturated carbocycles. The van der Waals surface area contributed by atoms with Crippen LogP contribution in [0.15, 0.2) is 42.5 Å². The summed E-state index contributed by atoms with van der Waals surface area (Å²) in [6, 6.07) is 13.9. The fourth-order valence-corrected chi connectivity index (χ4v) is 4.32. The molecule has 2 atom stereocenters. The highest BCUT2D eigenvalue weighted by Crippen LogP contribution is 2.44. The zero-order valence-electron chi connectivity index (χ0n) is 23.5. The maximum absolute atomic E-state index is 12.9. The first-order valence-corrected chi connectivity index (χ1v) is 14.1. The molecular weight excluding hydrogens is 480 g/mol. The molecule has 0 aliphatic rings. The minimum absolute atomic E-state index is 0.356. The summed E-state index contributed by atoms with van der Waals surface area (Å²) in [7, 11) is 0. The highest BCUT2D eigenvalue weighted by Gasteiger charge is 2.27. The van der Waals surface area contributed by atoms with E-state index >= 15 is 0 Å². The lowest BCUT2D eigenvalue weighted by atomic mass is 9.98. The van der Waals surface area contributed by atoms with Gasteiger partial charge in [-0.05, 0) is 43.7 Å². The molecule has 6 heteroatoms. The third-order valence-corrected chi connectivity index (χ3v) is 6.67. The van der Waals surface area contributed by atoms with E-state index in [0.29, 0.717) is 37.6 Å². The van der Waals surface area contributed by atoms with Gasteiger partial charge in [-0.3, -0.25) is 0 Å². The fourth-order valence-electron chi connectivity index (χ4n) is 4.32. The Balaban J connectivity index is 2.11. The number of esters is 2. The van der Waals surface area contributed by atoms with Gasteiger partial charge in [-0.2, -0.15) is 0 Å². The topological polar surface area (TPSA) is 71.1 Å². The Hall–Kier alpha value is -3.28. The maximum atomic E-state index is 12.9. The molecular formula is C32H42O6. The zero-order valence-corrected chi connectivity index (χ0v) is 23.5. The zero-order chi connectivity index (χ0) is 27.5. The van der Waals surface area contributed by atoms with Gasteiger partial charge in [0.25, 0.3) is 0 Å². The molecule has 6 nitrogen and oxygen atoms in total. The number of fused-ring (bicyclic) bond motifs is 2. The SMILES string of the molecule is CCCCOC(=O)C(CC)Oc1c2ccccc2c(OC(CC)C(=O)OCCCC)c2cc(CC)ccc12. The van der Waals surface area contributed by atoms with Crippen molar-refractivity contribution in [1.82, 2.24) is 0 Å². The lowest BCUT2D eigenvalue weighted by molar-refractivity contribution is -0.152. The number of rotatable bonds is 15. The van der Waals surface area contributed by atoms with Gasteiger partial charge in [0.2, 0.25) is 0 Å². The first-order chi connectivity index (χ1) is 18.5. The minimum atomic E-state index is -0.729. The number of aryl methyl sites for hydroxylation is 1. The molecule has 0 aromatic heterocycles. The Labute approximate surface area is 226 Å². The molecule has 0 spiro atoms. The molecule has 2 unspecified atom stereocenters. The number of carbonyl (C=O) groups is 2. The summed E-state index contributed by atoms with van der Waals surface area (Å²) < 4.78 is 23.9. The first-order valence-electron chi connectivity index (χ1n) is 14.1. The Bertz CT molecular complexity index is 1220. The molecule has 0 bridgehead atoms. The Morgan fingerprint density at radius 2 is 1.13 bits per heavy atom. The van der Waals surface area contributed by atoms with E-state index in [0.717, 1.165) is 59.2 Å². The highest BCUT2D eigenvalue weighted by molar-refractivity contribution is 6.11. The molecule has 0 amide bonds. The van der Waals surface area contributed by atoms with Crippen LogP contribution in [-0.4, -0.2) is 37.4 Å². The third-order valence-electron chi connectivity index (χ3n) is 6.67. The van der Waals surface area contributed by atoms with Crippen LogP contribution in [0.3, 0.4) is 0 Å². The number of benzene rings is 3. The van der Waals surface area contributed by atoms with Gasteiger partial charge < -0.3 is 18.9 Å². The molecule has 0 N–H and O–H groups in total. The number of ether oxygens (including phenoxy) is 4. The third kappa shape index (κ3) is 6.97. The molecule has 3 aromatic carbocycles. The molecule has 0 saturated heterocycles. The standard InChI is InChI=1S/C32H42O6/c1-6-11-19-35-31(33)27(9-4)37-29-23-15-13-14-16-24(23)30(26-21-22(8-3)17-18-25(26)29)38-28(10-5)32(34)36-20-12-7-2/h13-18,21,27-28H,6-12,19-20H2,1-5H3. The van der Waals surface area contributed by atoms with Crippen molar-refractivity contribution in [1.29, 1.82) is 0 Å². The van der Waals surface area contributed by atoms with Crippen LogP contribution in [0.5, 0.6) is 11.5 Å². The van der Waals surface area contributed by atoms with Gasteiger partial charge in [-0.1, -0.05) is 83.9 Å². The van der Waals surface area contributed by atoms with Crippen molar-refractivity contribution >= 4 is 33.5 Å². The molecule has 3 rings (SSSR count). The van der Waals surface area contributed by atoms with E-state index in [1.165, 1.54) is 0 Å². The Morgan fingerprint density at radius 1 is 0.658 bits per heavy atom. The fraction of sp³-hybridized carbons (Fsp3) is 0.500. The van der Waals surface area contributed by atoms with Crippen molar-refractivity contribution in [3.8, 4) is 11.5 Å². The molecule has 0 aliphatic carbocycles. The molecule has 38 heavy (non-hydrogen) atoms. The first kappa shape index (κ1) is 29.3. The van der Waals surface area contributed by atoms with E-state index in [9.17, 15) is 9.59 Å². The quantitative estimate of drug-likeness (QED) is 0.117. The molecule has 206 valence electrons. The monoisotopic (exact) mass is 522 g/mol. The summed E-state index contributed by atoms with van der Waals surface area (Å²) in [5.41, 5.74) is 1.13. The van der Waals surface area contributed by atoms with Crippen LogP contribution < -0.4 is 9.47 Å². The second-order valence-corrected chi connectivity index (χ2v) is 9.51. The largest absolute Gasteiger partial charge is 0.477 e. The summed E-state index contributed by atoms with van der Waals surface area (Å²) in [6.45, 7) is 10.8. The van der Waals surface area contributed by atoms with Crippen LogP contribution in [0, 0.1) is 0 Å². The van der Waals surface area contributed by atoms with Crippen LogP contribution in [0.25, 0.3) is 21.5 Å². The normalized spacial score (nSPS) is 12.8. The summed E-state index contributed by atoms with van der Waals surface area (Å²) in [6.07, 6.45) is 3.88. The van der Waals surface area contributed by atoms with Gasteiger partial charge in [0.15, 0.2) is 12.2 Å². The smallest absolute Gasteiger partial charge is 0.347 e. The summed E-state index contributed by atoms with van der Waals surface area (Å²) in [4.78, 5) is 25.7. The van der Waals surface area contributed by atoms with Gasteiger partial charge in [-0.25, -0.2) is 9.59 Å². The van der Waals surface area contributed by atoms with Gasteiger partial charge in [-0.15, -0.1) is 0 Å². The van der Waals surface area contributed by atoms with Crippen molar-refractivity contribution in [2.75, 3.05) is 13.2 Å². The molecule has 0 heterocycles. The predicted molar refractivity (Wildman–Crippen MR) is 152 cm³/mol. The molecule has 3 aromatic rings. The number of hydrogen-bond donors (Lipinski definition) is 0. The highest BCUT2D eigenvalue weighted by atomic mass is 16.6. The van der Waals surface area contributed by atoms with Crippen molar-refractivity contribution in [2.24, 2.45) is 0 Å². The van der Waals surface area contributed by atoms with E-state index in [1.807, 2.05) is 44.2 Å². The van der Waals surface area contributed by atoms with Crippen molar-refractivity contribution in [3.05, 3.63) is 48.0 Å². The molecule has 0 fully saturated rings. The van der Waals surface area contributed by atoms with Gasteiger partial charge >= 0.3 is 11.9 Å². The molecule has 0 aliphatic heterocycles.